The molecule has 17 heavy (non-hydrogen) atoms. The zero-order valence-corrected chi connectivity index (χ0v) is 11.0. The van der Waals surface area contributed by atoms with Crippen molar-refractivity contribution < 1.29 is 4.74 Å². The summed E-state index contributed by atoms with van der Waals surface area (Å²) in [5, 5.41) is 3.44. The standard InChI is InChI=1S/C15H25NO/c1-2-3-13-17-14-7-11-16-12-10-15-8-5-4-6-9-15/h4-6,8-9,16H,2-3,7,10-14H2,1H3. The zero-order valence-electron chi connectivity index (χ0n) is 11.0. The van der Waals surface area contributed by atoms with E-state index in [9.17, 15) is 0 Å². The molecule has 0 atom stereocenters. The maximum atomic E-state index is 5.50. The number of hydrogen-bond donors (Lipinski definition) is 1. The van der Waals surface area contributed by atoms with Crippen LogP contribution in [0.3, 0.4) is 0 Å². The van der Waals surface area contributed by atoms with E-state index in [1.54, 1.807) is 0 Å². The second-order valence-corrected chi connectivity index (χ2v) is 4.31. The van der Waals surface area contributed by atoms with Gasteiger partial charge in [-0.25, -0.2) is 0 Å². The molecular weight excluding hydrogens is 210 g/mol. The van der Waals surface area contributed by atoms with Crippen molar-refractivity contribution in [1.29, 1.82) is 0 Å². The van der Waals surface area contributed by atoms with Crippen molar-refractivity contribution in [2.45, 2.75) is 32.6 Å². The lowest BCUT2D eigenvalue weighted by Crippen LogP contribution is -2.19. The Morgan fingerprint density at radius 1 is 1.00 bits per heavy atom. The number of benzene rings is 1. The SMILES string of the molecule is CCCCOCCCNCCc1ccccc1. The maximum Gasteiger partial charge on any atom is 0.0478 e. The molecule has 1 rings (SSSR count). The molecule has 0 heterocycles. The molecule has 0 saturated heterocycles. The Morgan fingerprint density at radius 2 is 1.76 bits per heavy atom. The Hall–Kier alpha value is -0.860. The molecule has 0 amide bonds. The van der Waals surface area contributed by atoms with E-state index in [0.29, 0.717) is 0 Å². The van der Waals surface area contributed by atoms with Gasteiger partial charge >= 0.3 is 0 Å². The van der Waals surface area contributed by atoms with Crippen LogP contribution in [0.1, 0.15) is 31.7 Å². The fourth-order valence-corrected chi connectivity index (χ4v) is 1.65. The topological polar surface area (TPSA) is 21.3 Å². The van der Waals surface area contributed by atoms with Gasteiger partial charge in [-0.05, 0) is 37.9 Å². The Bertz CT molecular complexity index is 261. The van der Waals surface area contributed by atoms with Gasteiger partial charge in [0.1, 0.15) is 0 Å². The minimum atomic E-state index is 0.887. The van der Waals surface area contributed by atoms with E-state index in [1.807, 2.05) is 0 Å². The molecule has 1 aromatic rings. The van der Waals surface area contributed by atoms with Gasteiger partial charge in [0.2, 0.25) is 0 Å². The van der Waals surface area contributed by atoms with E-state index in [0.717, 1.165) is 39.1 Å². The van der Waals surface area contributed by atoms with Crippen LogP contribution < -0.4 is 5.32 Å². The fourth-order valence-electron chi connectivity index (χ4n) is 1.65. The third-order valence-electron chi connectivity index (χ3n) is 2.72. The van der Waals surface area contributed by atoms with Crippen molar-refractivity contribution in [3.05, 3.63) is 35.9 Å². The Labute approximate surface area is 105 Å². The van der Waals surface area contributed by atoms with Crippen molar-refractivity contribution in [1.82, 2.24) is 5.32 Å². The molecule has 0 spiro atoms. The molecular formula is C15H25NO. The third-order valence-corrected chi connectivity index (χ3v) is 2.72. The summed E-state index contributed by atoms with van der Waals surface area (Å²) in [5.74, 6) is 0. The van der Waals surface area contributed by atoms with Gasteiger partial charge in [0, 0.05) is 13.2 Å². The van der Waals surface area contributed by atoms with Gasteiger partial charge in [0.15, 0.2) is 0 Å². The van der Waals surface area contributed by atoms with Crippen molar-refractivity contribution in [3.8, 4) is 0 Å². The van der Waals surface area contributed by atoms with Crippen LogP contribution in [0.15, 0.2) is 30.3 Å². The van der Waals surface area contributed by atoms with Crippen LogP contribution in [0.5, 0.6) is 0 Å². The molecule has 0 saturated carbocycles. The monoisotopic (exact) mass is 235 g/mol. The predicted molar refractivity (Wildman–Crippen MR) is 73.4 cm³/mol. The van der Waals surface area contributed by atoms with E-state index >= 15 is 0 Å². The Balaban J connectivity index is 1.85. The van der Waals surface area contributed by atoms with Crippen LogP contribution >= 0.6 is 0 Å². The highest BCUT2D eigenvalue weighted by Gasteiger charge is 1.92. The first kappa shape index (κ1) is 14.2. The summed E-state index contributed by atoms with van der Waals surface area (Å²) in [6.07, 6.45) is 4.62. The molecule has 0 unspecified atom stereocenters. The number of ether oxygens (including phenoxy) is 1. The van der Waals surface area contributed by atoms with Gasteiger partial charge in [-0.1, -0.05) is 43.7 Å². The summed E-state index contributed by atoms with van der Waals surface area (Å²) in [4.78, 5) is 0. The summed E-state index contributed by atoms with van der Waals surface area (Å²) >= 11 is 0. The van der Waals surface area contributed by atoms with Crippen molar-refractivity contribution in [3.63, 3.8) is 0 Å². The van der Waals surface area contributed by atoms with Crippen LogP contribution in [0, 0.1) is 0 Å². The normalized spacial score (nSPS) is 10.6. The zero-order chi connectivity index (χ0) is 12.2. The van der Waals surface area contributed by atoms with E-state index in [2.05, 4.69) is 42.6 Å². The highest BCUT2D eigenvalue weighted by molar-refractivity contribution is 5.14. The van der Waals surface area contributed by atoms with Gasteiger partial charge in [-0.3, -0.25) is 0 Å². The molecule has 0 aromatic heterocycles. The molecule has 0 aliphatic heterocycles. The first-order chi connectivity index (χ1) is 8.43. The summed E-state index contributed by atoms with van der Waals surface area (Å²) < 4.78 is 5.50. The van der Waals surface area contributed by atoms with Crippen LogP contribution in [-0.4, -0.2) is 26.3 Å². The number of hydrogen-bond acceptors (Lipinski definition) is 2. The molecule has 96 valence electrons. The van der Waals surface area contributed by atoms with Crippen LogP contribution in [0.25, 0.3) is 0 Å². The summed E-state index contributed by atoms with van der Waals surface area (Å²) in [6.45, 7) is 6.10. The highest BCUT2D eigenvalue weighted by atomic mass is 16.5. The number of nitrogens with one attached hydrogen (secondary N) is 1. The first-order valence-corrected chi connectivity index (χ1v) is 6.76. The lowest BCUT2D eigenvalue weighted by molar-refractivity contribution is 0.129. The average Bonchev–Trinajstić information content (AvgIpc) is 2.38. The van der Waals surface area contributed by atoms with Gasteiger partial charge < -0.3 is 10.1 Å². The predicted octanol–water partition coefficient (Wildman–Crippen LogP) is 3.03. The van der Waals surface area contributed by atoms with E-state index in [1.165, 1.54) is 18.4 Å². The Kier molecular flexibility index (Phi) is 8.61. The lowest BCUT2D eigenvalue weighted by Gasteiger charge is -2.05. The molecule has 2 heteroatoms. The van der Waals surface area contributed by atoms with Crippen LogP contribution in [0.4, 0.5) is 0 Å². The second kappa shape index (κ2) is 10.3. The first-order valence-electron chi connectivity index (χ1n) is 6.76. The van der Waals surface area contributed by atoms with E-state index < -0.39 is 0 Å². The van der Waals surface area contributed by atoms with E-state index in [4.69, 9.17) is 4.74 Å². The molecule has 0 aliphatic carbocycles. The summed E-state index contributed by atoms with van der Waals surface area (Å²) in [5.41, 5.74) is 1.40. The molecule has 0 radical (unpaired) electrons. The molecule has 0 bridgehead atoms. The minimum absolute atomic E-state index is 0.887. The maximum absolute atomic E-state index is 5.50. The quantitative estimate of drug-likeness (QED) is 0.629. The lowest BCUT2D eigenvalue weighted by atomic mass is 10.1. The summed E-state index contributed by atoms with van der Waals surface area (Å²) in [6, 6.07) is 10.6. The smallest absolute Gasteiger partial charge is 0.0478 e. The average molecular weight is 235 g/mol. The molecule has 1 aromatic carbocycles. The van der Waals surface area contributed by atoms with Crippen LogP contribution in [-0.2, 0) is 11.2 Å². The number of rotatable bonds is 10. The molecule has 0 aliphatic rings. The van der Waals surface area contributed by atoms with Gasteiger partial charge in [-0.2, -0.15) is 0 Å². The molecule has 2 nitrogen and oxygen atoms in total. The van der Waals surface area contributed by atoms with Gasteiger partial charge in [0.25, 0.3) is 0 Å². The second-order valence-electron chi connectivity index (χ2n) is 4.31. The van der Waals surface area contributed by atoms with Crippen LogP contribution in [0.2, 0.25) is 0 Å². The van der Waals surface area contributed by atoms with Crippen molar-refractivity contribution in [2.75, 3.05) is 26.3 Å². The van der Waals surface area contributed by atoms with Crippen molar-refractivity contribution in [2.24, 2.45) is 0 Å². The summed E-state index contributed by atoms with van der Waals surface area (Å²) in [7, 11) is 0. The van der Waals surface area contributed by atoms with Gasteiger partial charge in [-0.15, -0.1) is 0 Å². The molecule has 0 fully saturated rings. The Morgan fingerprint density at radius 3 is 2.53 bits per heavy atom. The van der Waals surface area contributed by atoms with Crippen molar-refractivity contribution >= 4 is 0 Å². The minimum Gasteiger partial charge on any atom is -0.381 e. The number of unbranched alkanes of at least 4 members (excludes halogenated alkanes) is 1. The third kappa shape index (κ3) is 7.94. The highest BCUT2D eigenvalue weighted by Crippen LogP contribution is 1.98. The van der Waals surface area contributed by atoms with E-state index in [-0.39, 0.29) is 0 Å². The largest absolute Gasteiger partial charge is 0.381 e. The van der Waals surface area contributed by atoms with Gasteiger partial charge in [0.05, 0.1) is 0 Å². The fraction of sp³-hybridized carbons (Fsp3) is 0.600. The molecule has 1 N–H and O–H groups in total.